The number of ether oxygens (including phenoxy) is 3. The van der Waals surface area contributed by atoms with Crippen molar-refractivity contribution in [3.8, 4) is 23.0 Å². The number of phenols is 1. The number of halogens is 1. The number of para-hydroxylation sites is 4. The maximum absolute atomic E-state index is 13.3. The normalized spacial score (nSPS) is 10.6. The number of phenolic OH excluding ortho intramolecular Hbond substituents is 1. The van der Waals surface area contributed by atoms with Gasteiger partial charge in [-0.3, -0.25) is 38.6 Å². The SMILES string of the molecule is C=CCN(Cc1ccc(C)s1)C(=O)COc1ccccc1O.CCN(Cc1cccs1)C(=O)CCc1cccc(C)c1.CCN(Cc1cccs1)C(=O)CCc1cccc(F)c1.COc1ccc(OCC(=O)N(Cc2cccs2)c2ccccn2)cc1.Cc1ccc2oc(C(=O)N(Cc3cccs3)c3ccccn3)c(C)c2c1.O=C(c1cc2ccccc2o1)N(Cc1cccs1)c1ccccc1. The number of fused-ring (bicyclic) bond motifs is 2. The number of furan rings is 2. The van der Waals surface area contributed by atoms with Crippen LogP contribution in [-0.2, 0) is 71.3 Å². The predicted octanol–water partition coefficient (Wildman–Crippen LogP) is 25.7. The Morgan fingerprint density at radius 1 is 0.438 bits per heavy atom. The van der Waals surface area contributed by atoms with Gasteiger partial charge >= 0.3 is 0 Å². The van der Waals surface area contributed by atoms with Crippen LogP contribution in [0.25, 0.3) is 21.9 Å². The van der Waals surface area contributed by atoms with E-state index in [2.05, 4.69) is 65.2 Å². The molecule has 20 nitrogen and oxygen atoms in total. The van der Waals surface area contributed by atoms with Gasteiger partial charge in [-0.1, -0.05) is 151 Å². The highest BCUT2D eigenvalue weighted by Crippen LogP contribution is 2.33. The zero-order valence-corrected chi connectivity index (χ0v) is 82.3. The number of hydrogen-bond acceptors (Lipinski definition) is 20. The van der Waals surface area contributed by atoms with Crippen LogP contribution in [0.2, 0.25) is 0 Å². The Kier molecular flexibility index (Phi) is 39.5. The summed E-state index contributed by atoms with van der Waals surface area (Å²) in [6.45, 7) is 20.9. The lowest BCUT2D eigenvalue weighted by Crippen LogP contribution is -2.34. The average Bonchev–Trinajstić information content (AvgIpc) is 1.63. The van der Waals surface area contributed by atoms with Crippen LogP contribution >= 0.6 is 68.0 Å². The van der Waals surface area contributed by atoms with Crippen LogP contribution in [0.1, 0.15) is 110 Å². The van der Waals surface area contributed by atoms with Crippen molar-refractivity contribution in [3.05, 3.63) is 416 Å². The largest absolute Gasteiger partial charge is 0.504 e. The van der Waals surface area contributed by atoms with Gasteiger partial charge in [0.25, 0.3) is 23.6 Å². The van der Waals surface area contributed by atoms with E-state index in [0.29, 0.717) is 99.7 Å². The molecular formula is C110H109FN8O12S6. The molecule has 10 aromatic heterocycles. The molecular weight excluding hydrogens is 1840 g/mol. The van der Waals surface area contributed by atoms with Gasteiger partial charge in [-0.15, -0.1) is 74.6 Å². The first-order valence-corrected chi connectivity index (χ1v) is 49.8. The Labute approximate surface area is 823 Å². The summed E-state index contributed by atoms with van der Waals surface area (Å²) >= 11 is 9.89. The summed E-state index contributed by atoms with van der Waals surface area (Å²) in [4.78, 5) is 103. The highest BCUT2D eigenvalue weighted by Gasteiger charge is 2.28. The van der Waals surface area contributed by atoms with Crippen molar-refractivity contribution < 1.29 is 61.3 Å². The first-order chi connectivity index (χ1) is 66.7. The molecule has 1 N–H and O–H groups in total. The van der Waals surface area contributed by atoms with Crippen molar-refractivity contribution in [1.82, 2.24) is 24.7 Å². The number of amides is 6. The van der Waals surface area contributed by atoms with Crippen LogP contribution in [0, 0.1) is 33.5 Å². The van der Waals surface area contributed by atoms with E-state index in [0.717, 1.165) is 89.1 Å². The summed E-state index contributed by atoms with van der Waals surface area (Å²) in [5.74, 6) is 3.14. The number of aromatic nitrogens is 2. The molecule has 0 saturated carbocycles. The Balaban J connectivity index is 0.000000148. The van der Waals surface area contributed by atoms with E-state index in [-0.39, 0.29) is 60.2 Å². The monoisotopic (exact) mass is 1940 g/mol. The Morgan fingerprint density at radius 2 is 0.956 bits per heavy atom. The van der Waals surface area contributed by atoms with Gasteiger partial charge in [0, 0.05) is 101 Å². The number of anilines is 3. The van der Waals surface area contributed by atoms with Gasteiger partial charge < -0.3 is 47.8 Å². The maximum Gasteiger partial charge on any atom is 0.295 e. The second kappa shape index (κ2) is 53.2. The summed E-state index contributed by atoms with van der Waals surface area (Å²) < 4.78 is 40.9. The molecule has 0 fully saturated rings. The molecule has 10 heterocycles. The minimum atomic E-state index is -0.249. The lowest BCUT2D eigenvalue weighted by Gasteiger charge is -2.21. The molecule has 0 bridgehead atoms. The number of carbonyl (C=O) groups excluding carboxylic acids is 6. The standard InChI is InChI=1S/C21H18N2O2S.C20H15NO2S.C19H18N2O3S.C17H19NO3S.C17H21NOS.C16H18FNOS/c1-14-8-9-18-17(12-14)15(2)20(25-18)21(24)23(13-16-6-5-11-26-16)19-7-3-4-10-22-19;22-20(19-13-15-7-4-5-11-18(15)23-19)21(14-17-10-6-12-24-17)16-8-2-1-3-9-16;1-23-15-7-9-16(10-8-15)24-14-19(22)21(13-17-5-4-12-25-17)18-6-2-3-11-20-18;1-3-10-18(11-14-9-8-13(2)22-14)17(20)12-21-16-7-5-4-6-15(16)19;1-3-18(13-16-8-5-11-20-16)17(19)10-9-15-7-4-6-14(2)12-15;1-2-18(12-15-7-4-10-20-15)16(19)9-8-13-5-3-6-14(17)11-13/h3-12H,13H2,1-2H3;1-13H,14H2;2-12H,13-14H2,1H3;3-9,19H,1,10-12H2,2H3;4-8,11-12H,3,9-10,13H2,1-2H3;3-7,10-11H,2,8-9,12H2,1H3. The van der Waals surface area contributed by atoms with Crippen molar-refractivity contribution in [2.45, 2.75) is 106 Å². The summed E-state index contributed by atoms with van der Waals surface area (Å²) in [6, 6.07) is 88.9. The third kappa shape index (κ3) is 31.4. The molecule has 0 spiro atoms. The Morgan fingerprint density at radius 3 is 1.49 bits per heavy atom. The van der Waals surface area contributed by atoms with E-state index < -0.39 is 0 Å². The molecule has 17 rings (SSSR count). The van der Waals surface area contributed by atoms with Gasteiger partial charge in [0.05, 0.1) is 46.4 Å². The lowest BCUT2D eigenvalue weighted by molar-refractivity contribution is -0.133. The second-order valence-electron chi connectivity index (χ2n) is 31.3. The van der Waals surface area contributed by atoms with E-state index in [1.54, 1.807) is 162 Å². The number of aromatic hydroxyl groups is 1. The van der Waals surface area contributed by atoms with Crippen LogP contribution in [0.5, 0.6) is 23.0 Å². The first kappa shape index (κ1) is 102. The van der Waals surface area contributed by atoms with E-state index in [9.17, 15) is 38.3 Å². The van der Waals surface area contributed by atoms with E-state index in [1.807, 2.05) is 248 Å². The molecule has 0 saturated heterocycles. The van der Waals surface area contributed by atoms with Gasteiger partial charge in [-0.25, -0.2) is 14.4 Å². The van der Waals surface area contributed by atoms with Crippen molar-refractivity contribution in [2.75, 3.05) is 54.7 Å². The van der Waals surface area contributed by atoms with Crippen molar-refractivity contribution in [1.29, 1.82) is 0 Å². The highest BCUT2D eigenvalue weighted by atomic mass is 32.1. The van der Waals surface area contributed by atoms with Crippen molar-refractivity contribution in [2.24, 2.45) is 0 Å². The van der Waals surface area contributed by atoms with Gasteiger partial charge in [0.15, 0.2) is 36.2 Å². The number of nitrogens with zero attached hydrogens (tertiary/aromatic N) is 8. The zero-order chi connectivity index (χ0) is 96.6. The molecule has 0 radical (unpaired) electrons. The van der Waals surface area contributed by atoms with E-state index in [4.69, 9.17) is 23.0 Å². The van der Waals surface area contributed by atoms with Gasteiger partial charge in [0.1, 0.15) is 40.1 Å². The Bertz CT molecular complexity index is 6440. The van der Waals surface area contributed by atoms with E-state index in [1.165, 1.54) is 44.0 Å². The fraction of sp³-hybridized carbons (Fsp3) is 0.200. The number of hydrogen-bond donors (Lipinski definition) is 1. The van der Waals surface area contributed by atoms with Gasteiger partial charge in [-0.2, -0.15) is 0 Å². The number of thiophene rings is 6. The summed E-state index contributed by atoms with van der Waals surface area (Å²) in [6.07, 6.45) is 7.47. The molecule has 0 aliphatic carbocycles. The van der Waals surface area contributed by atoms with Crippen LogP contribution in [0.4, 0.5) is 21.7 Å². The van der Waals surface area contributed by atoms with Gasteiger partial charge in [0.2, 0.25) is 11.8 Å². The maximum atomic E-state index is 13.3. The molecule has 27 heteroatoms. The average molecular weight is 1950 g/mol. The fourth-order valence-electron chi connectivity index (χ4n) is 14.2. The van der Waals surface area contributed by atoms with Crippen LogP contribution < -0.4 is 28.9 Å². The van der Waals surface area contributed by atoms with Crippen LogP contribution in [0.15, 0.2) is 346 Å². The predicted molar refractivity (Wildman–Crippen MR) is 554 cm³/mol. The molecule has 137 heavy (non-hydrogen) atoms. The van der Waals surface area contributed by atoms with Crippen molar-refractivity contribution in [3.63, 3.8) is 0 Å². The summed E-state index contributed by atoms with van der Waals surface area (Å²) in [5, 5.41) is 21.6. The number of carbonyl (C=O) groups is 6. The van der Waals surface area contributed by atoms with E-state index >= 15 is 0 Å². The summed E-state index contributed by atoms with van der Waals surface area (Å²) in [5.41, 5.74) is 7.67. The minimum Gasteiger partial charge on any atom is -0.504 e. The zero-order valence-electron chi connectivity index (χ0n) is 77.4. The molecule has 17 aromatic rings. The first-order valence-electron chi connectivity index (χ1n) is 44.6. The smallest absolute Gasteiger partial charge is 0.295 e. The molecule has 704 valence electrons. The molecule has 0 unspecified atom stereocenters. The quantitative estimate of drug-likeness (QED) is 0.0371. The molecule has 7 aromatic carbocycles. The molecule has 0 aliphatic rings. The Hall–Kier alpha value is -14.2. The topological polar surface area (TPSA) is 222 Å². The summed E-state index contributed by atoms with van der Waals surface area (Å²) in [7, 11) is 1.61. The third-order valence-electron chi connectivity index (χ3n) is 21.3. The minimum absolute atomic E-state index is 0.0273. The fourth-order valence-corrected chi connectivity index (χ4v) is 18.6. The van der Waals surface area contributed by atoms with Gasteiger partial charge in [-0.05, 0) is 244 Å². The molecule has 0 atom stereocenters. The number of benzene rings is 7. The van der Waals surface area contributed by atoms with Crippen LogP contribution in [0.3, 0.4) is 0 Å². The number of pyridine rings is 2. The highest BCUT2D eigenvalue weighted by molar-refractivity contribution is 7.12. The molecule has 0 aliphatic heterocycles. The van der Waals surface area contributed by atoms with Crippen LogP contribution in [-0.4, -0.2) is 105 Å². The van der Waals surface area contributed by atoms with Crippen molar-refractivity contribution >= 4 is 143 Å². The second-order valence-corrected chi connectivity index (χ2v) is 37.8. The number of methoxy groups -OCH3 is 1. The number of aryl methyl sites for hydroxylation is 6. The third-order valence-corrected chi connectivity index (χ3v) is 26.6. The molecule has 6 amide bonds. The number of rotatable bonds is 34. The lowest BCUT2D eigenvalue weighted by atomic mass is 10.1.